The van der Waals surface area contributed by atoms with Gasteiger partial charge in [0.05, 0.1) is 6.04 Å². The summed E-state index contributed by atoms with van der Waals surface area (Å²) in [6, 6.07) is 13.1. The summed E-state index contributed by atoms with van der Waals surface area (Å²) in [7, 11) is 0. The van der Waals surface area contributed by atoms with Gasteiger partial charge in [-0.25, -0.2) is 0 Å². The van der Waals surface area contributed by atoms with Crippen molar-refractivity contribution < 1.29 is 9.90 Å². The highest BCUT2D eigenvalue weighted by Crippen LogP contribution is 2.17. The van der Waals surface area contributed by atoms with Crippen molar-refractivity contribution in [3.8, 4) is 0 Å². The number of nitrogens with zero attached hydrogens (tertiary/aromatic N) is 1. The summed E-state index contributed by atoms with van der Waals surface area (Å²) in [6.45, 7) is 1.90. The van der Waals surface area contributed by atoms with Crippen molar-refractivity contribution in [2.24, 2.45) is 0 Å². The molecule has 0 saturated carbocycles. The van der Waals surface area contributed by atoms with E-state index in [2.05, 4.69) is 5.32 Å². The number of benzene rings is 1. The van der Waals surface area contributed by atoms with E-state index < -0.39 is 0 Å². The van der Waals surface area contributed by atoms with Crippen molar-refractivity contribution >= 4 is 5.91 Å². The van der Waals surface area contributed by atoms with Gasteiger partial charge in [0.25, 0.3) is 0 Å². The topological polar surface area (TPSA) is 54.3 Å². The van der Waals surface area contributed by atoms with Crippen LogP contribution in [0, 0.1) is 0 Å². The molecule has 2 aromatic rings. The lowest BCUT2D eigenvalue weighted by atomic mass is 10.0. The van der Waals surface area contributed by atoms with Gasteiger partial charge in [0, 0.05) is 19.0 Å². The molecule has 0 spiro atoms. The number of carbonyl (C=O) groups is 1. The van der Waals surface area contributed by atoms with E-state index in [1.807, 2.05) is 66.3 Å². The minimum absolute atomic E-state index is 0.0394. The summed E-state index contributed by atoms with van der Waals surface area (Å²) in [4.78, 5) is 12.3. The van der Waals surface area contributed by atoms with Gasteiger partial charge >= 0.3 is 0 Å². The van der Waals surface area contributed by atoms with Crippen molar-refractivity contribution in [1.82, 2.24) is 9.88 Å². The summed E-state index contributed by atoms with van der Waals surface area (Å²) in [5, 5.41) is 12.2. The number of hydrogen-bond donors (Lipinski definition) is 2. The summed E-state index contributed by atoms with van der Waals surface area (Å²) in [5.41, 5.74) is 1.01. The maximum atomic E-state index is 12.3. The van der Waals surface area contributed by atoms with E-state index in [1.165, 1.54) is 0 Å². The third-order valence-corrected chi connectivity index (χ3v) is 3.39. The zero-order valence-corrected chi connectivity index (χ0v) is 11.6. The van der Waals surface area contributed by atoms with Crippen LogP contribution >= 0.6 is 0 Å². The van der Waals surface area contributed by atoms with Gasteiger partial charge in [-0.1, -0.05) is 30.3 Å². The number of aliphatic hydroxyl groups excluding tert-OH is 1. The molecule has 1 amide bonds. The highest BCUT2D eigenvalue weighted by molar-refractivity contribution is 5.80. The first-order valence-corrected chi connectivity index (χ1v) is 6.81. The molecule has 4 heteroatoms. The van der Waals surface area contributed by atoms with Gasteiger partial charge < -0.3 is 15.0 Å². The highest BCUT2D eigenvalue weighted by atomic mass is 16.3. The molecule has 0 saturated heterocycles. The standard InChI is InChI=1S/C16H20N2O2/c1-13(18-10-5-6-11-18)16(20)17-15(9-12-19)14-7-3-2-4-8-14/h2-8,10-11,13,15,19H,9,12H2,1H3,(H,17,20). The SMILES string of the molecule is CC(C(=O)NC(CCO)c1ccccc1)n1cccc1. The average Bonchev–Trinajstić information content (AvgIpc) is 3.01. The maximum absolute atomic E-state index is 12.3. The molecule has 2 atom stereocenters. The summed E-state index contributed by atoms with van der Waals surface area (Å²) >= 11 is 0. The molecule has 2 N–H and O–H groups in total. The Morgan fingerprint density at radius 3 is 2.45 bits per heavy atom. The largest absolute Gasteiger partial charge is 0.396 e. The van der Waals surface area contributed by atoms with Gasteiger partial charge in [0.15, 0.2) is 0 Å². The van der Waals surface area contributed by atoms with Crippen LogP contribution in [0.1, 0.15) is 31.0 Å². The van der Waals surface area contributed by atoms with E-state index in [4.69, 9.17) is 0 Å². The highest BCUT2D eigenvalue weighted by Gasteiger charge is 2.19. The maximum Gasteiger partial charge on any atom is 0.243 e. The monoisotopic (exact) mass is 272 g/mol. The first-order chi connectivity index (χ1) is 9.72. The normalized spacial score (nSPS) is 13.7. The van der Waals surface area contributed by atoms with Crippen LogP contribution in [0.4, 0.5) is 0 Å². The Balaban J connectivity index is 2.06. The molecule has 0 aliphatic rings. The van der Waals surface area contributed by atoms with Crippen LogP contribution in [0.3, 0.4) is 0 Å². The van der Waals surface area contributed by atoms with E-state index >= 15 is 0 Å². The number of amides is 1. The first kappa shape index (κ1) is 14.3. The smallest absolute Gasteiger partial charge is 0.243 e. The fourth-order valence-electron chi connectivity index (χ4n) is 2.17. The molecule has 2 rings (SSSR count). The van der Waals surface area contributed by atoms with Crippen molar-refractivity contribution in [3.63, 3.8) is 0 Å². The third-order valence-electron chi connectivity index (χ3n) is 3.39. The molecule has 1 heterocycles. The summed E-state index contributed by atoms with van der Waals surface area (Å²) < 4.78 is 1.86. The Hall–Kier alpha value is -2.07. The van der Waals surface area contributed by atoms with Crippen LogP contribution in [-0.4, -0.2) is 22.2 Å². The molecule has 0 bridgehead atoms. The number of aromatic nitrogens is 1. The molecule has 20 heavy (non-hydrogen) atoms. The Labute approximate surface area is 119 Å². The lowest BCUT2D eigenvalue weighted by Crippen LogP contribution is -2.34. The Morgan fingerprint density at radius 1 is 1.20 bits per heavy atom. The van der Waals surface area contributed by atoms with Crippen molar-refractivity contribution in [2.45, 2.75) is 25.4 Å². The van der Waals surface area contributed by atoms with Gasteiger partial charge in [0.1, 0.15) is 6.04 Å². The fourth-order valence-corrected chi connectivity index (χ4v) is 2.17. The van der Waals surface area contributed by atoms with E-state index in [0.717, 1.165) is 5.56 Å². The Kier molecular flexibility index (Phi) is 4.96. The number of hydrogen-bond acceptors (Lipinski definition) is 2. The summed E-state index contributed by atoms with van der Waals surface area (Å²) in [5.74, 6) is -0.0523. The number of carbonyl (C=O) groups excluding carboxylic acids is 1. The fraction of sp³-hybridized carbons (Fsp3) is 0.312. The van der Waals surface area contributed by atoms with Crippen LogP contribution in [0.15, 0.2) is 54.9 Å². The molecule has 1 aromatic carbocycles. The second-order valence-corrected chi connectivity index (χ2v) is 4.79. The van der Waals surface area contributed by atoms with Crippen LogP contribution in [0.5, 0.6) is 0 Å². The summed E-state index contributed by atoms with van der Waals surface area (Å²) in [6.07, 6.45) is 4.25. The van der Waals surface area contributed by atoms with Crippen LogP contribution in [0.2, 0.25) is 0 Å². The van der Waals surface area contributed by atoms with Crippen molar-refractivity contribution in [1.29, 1.82) is 0 Å². The quantitative estimate of drug-likeness (QED) is 0.847. The van der Waals surface area contributed by atoms with Crippen LogP contribution in [0.25, 0.3) is 0 Å². The first-order valence-electron chi connectivity index (χ1n) is 6.81. The van der Waals surface area contributed by atoms with Crippen molar-refractivity contribution in [2.75, 3.05) is 6.61 Å². The van der Waals surface area contributed by atoms with Gasteiger partial charge in [-0.2, -0.15) is 0 Å². The van der Waals surface area contributed by atoms with E-state index in [1.54, 1.807) is 0 Å². The molecule has 2 unspecified atom stereocenters. The van der Waals surface area contributed by atoms with Crippen molar-refractivity contribution in [3.05, 3.63) is 60.4 Å². The molecule has 1 aromatic heterocycles. The Morgan fingerprint density at radius 2 is 1.85 bits per heavy atom. The van der Waals surface area contributed by atoms with Crippen LogP contribution < -0.4 is 5.32 Å². The second-order valence-electron chi connectivity index (χ2n) is 4.79. The molecule has 4 nitrogen and oxygen atoms in total. The van der Waals surface area contributed by atoms with Crippen LogP contribution in [-0.2, 0) is 4.79 Å². The lowest BCUT2D eigenvalue weighted by molar-refractivity contribution is -0.124. The predicted octanol–water partition coefficient (Wildman–Crippen LogP) is 2.29. The van der Waals surface area contributed by atoms with E-state index in [9.17, 15) is 9.90 Å². The molecule has 106 valence electrons. The number of rotatable bonds is 6. The lowest BCUT2D eigenvalue weighted by Gasteiger charge is -2.21. The molecule has 0 aliphatic carbocycles. The zero-order valence-electron chi connectivity index (χ0n) is 11.6. The predicted molar refractivity (Wildman–Crippen MR) is 78.2 cm³/mol. The number of nitrogens with one attached hydrogen (secondary N) is 1. The van der Waals surface area contributed by atoms with Gasteiger partial charge in [-0.15, -0.1) is 0 Å². The van der Waals surface area contributed by atoms with Gasteiger partial charge in [0.2, 0.25) is 5.91 Å². The molecular weight excluding hydrogens is 252 g/mol. The third kappa shape index (κ3) is 3.48. The van der Waals surface area contributed by atoms with Gasteiger partial charge in [-0.05, 0) is 31.0 Å². The minimum Gasteiger partial charge on any atom is -0.396 e. The zero-order chi connectivity index (χ0) is 14.4. The molecular formula is C16H20N2O2. The number of aliphatic hydroxyl groups is 1. The van der Waals surface area contributed by atoms with E-state index in [0.29, 0.717) is 6.42 Å². The average molecular weight is 272 g/mol. The minimum atomic E-state index is -0.269. The molecule has 0 fully saturated rings. The second kappa shape index (κ2) is 6.91. The molecule has 0 radical (unpaired) electrons. The Bertz CT molecular complexity index is 523. The van der Waals surface area contributed by atoms with Gasteiger partial charge in [-0.3, -0.25) is 4.79 Å². The van der Waals surface area contributed by atoms with E-state index in [-0.39, 0.29) is 24.6 Å². The molecule has 0 aliphatic heterocycles.